The van der Waals surface area contributed by atoms with E-state index in [1.54, 1.807) is 31.0 Å². The van der Waals surface area contributed by atoms with Gasteiger partial charge in [-0.25, -0.2) is 4.79 Å². The van der Waals surface area contributed by atoms with Gasteiger partial charge in [0.25, 0.3) is 11.6 Å². The van der Waals surface area contributed by atoms with Crippen LogP contribution >= 0.6 is 50.6 Å². The molecule has 0 bridgehead atoms. The summed E-state index contributed by atoms with van der Waals surface area (Å²) in [6.45, 7) is 7.11. The van der Waals surface area contributed by atoms with Crippen molar-refractivity contribution in [1.82, 2.24) is 4.90 Å². The van der Waals surface area contributed by atoms with Crippen molar-refractivity contribution < 1.29 is 19.2 Å². The van der Waals surface area contributed by atoms with Crippen LogP contribution in [0.15, 0.2) is 87.5 Å². The number of piperazine rings is 1. The fourth-order valence-corrected chi connectivity index (χ4v) is 9.38. The highest BCUT2D eigenvalue weighted by Crippen LogP contribution is 2.40. The summed E-state index contributed by atoms with van der Waals surface area (Å²) >= 11 is 7.94. The molecule has 6 rings (SSSR count). The minimum Gasteiger partial charge on any atom is -0.462 e. The number of aryl methyl sites for hydroxylation is 1. The van der Waals surface area contributed by atoms with Crippen LogP contribution in [-0.4, -0.2) is 61.0 Å². The van der Waals surface area contributed by atoms with E-state index in [0.717, 1.165) is 36.4 Å². The second kappa shape index (κ2) is 15.1. The number of carbonyl (C=O) groups is 2. The molecule has 0 atom stereocenters. The summed E-state index contributed by atoms with van der Waals surface area (Å²) in [7, 11) is 0. The third kappa shape index (κ3) is 7.24. The van der Waals surface area contributed by atoms with Gasteiger partial charge in [0.15, 0.2) is 0 Å². The largest absolute Gasteiger partial charge is 0.462 e. The Morgan fingerprint density at radius 3 is 2.50 bits per heavy atom. The molecule has 248 valence electrons. The van der Waals surface area contributed by atoms with E-state index in [1.807, 2.05) is 59.7 Å². The second-order valence-electron chi connectivity index (χ2n) is 11.1. The number of thiophene rings is 2. The van der Waals surface area contributed by atoms with Crippen LogP contribution in [0.2, 0.25) is 0 Å². The standard InChI is InChI=1S/C35H33BrN4O5S3/c1-3-45-35(42)32-23(2)26-22-25(12-13-31(26)47-32)48-39(16-14-24-8-4-5-9-28(24)40(43)44)30-11-7-6-10-29(30)37-17-19-38(20-18-37)34(41)33-27(36)15-21-46-33/h4-13,15,21-22H,3,14,16-20H2,1-2H3. The summed E-state index contributed by atoms with van der Waals surface area (Å²) in [5.41, 5.74) is 3.69. The first kappa shape index (κ1) is 34.0. The molecule has 48 heavy (non-hydrogen) atoms. The number of ether oxygens (including phenoxy) is 1. The first-order valence-electron chi connectivity index (χ1n) is 15.5. The minimum atomic E-state index is -0.329. The first-order valence-corrected chi connectivity index (χ1v) is 18.8. The second-order valence-corrected chi connectivity index (χ2v) is 15.0. The van der Waals surface area contributed by atoms with Gasteiger partial charge in [-0.2, -0.15) is 0 Å². The third-order valence-corrected chi connectivity index (χ3v) is 12.4. The Labute approximate surface area is 299 Å². The Kier molecular flexibility index (Phi) is 10.7. The van der Waals surface area contributed by atoms with E-state index < -0.39 is 0 Å². The molecular formula is C35H33BrN4O5S3. The summed E-state index contributed by atoms with van der Waals surface area (Å²) < 4.78 is 9.32. The average molecular weight is 766 g/mol. The number of rotatable bonds is 11. The number of esters is 1. The molecule has 9 nitrogen and oxygen atoms in total. The maximum atomic E-state index is 13.2. The smallest absolute Gasteiger partial charge is 0.348 e. The van der Waals surface area contributed by atoms with Crippen molar-refractivity contribution in [3.8, 4) is 0 Å². The lowest BCUT2D eigenvalue weighted by Gasteiger charge is -2.38. The summed E-state index contributed by atoms with van der Waals surface area (Å²) in [6.07, 6.45) is 0.461. The van der Waals surface area contributed by atoms with Gasteiger partial charge < -0.3 is 18.8 Å². The van der Waals surface area contributed by atoms with Crippen LogP contribution in [0.4, 0.5) is 17.1 Å². The van der Waals surface area contributed by atoms with Gasteiger partial charge in [-0.1, -0.05) is 30.3 Å². The monoisotopic (exact) mass is 764 g/mol. The Hall–Kier alpha value is -3.91. The molecule has 0 N–H and O–H groups in total. The van der Waals surface area contributed by atoms with Gasteiger partial charge >= 0.3 is 5.97 Å². The number of anilines is 2. The summed E-state index contributed by atoms with van der Waals surface area (Å²) in [5.74, 6) is -0.271. The zero-order valence-corrected chi connectivity index (χ0v) is 30.4. The maximum Gasteiger partial charge on any atom is 0.348 e. The number of nitrogens with zero attached hydrogens (tertiary/aromatic N) is 4. The maximum absolute atomic E-state index is 13.2. The number of fused-ring (bicyclic) bond motifs is 1. The summed E-state index contributed by atoms with van der Waals surface area (Å²) in [6, 6.07) is 23.2. The fraction of sp³-hybridized carbons (Fsp3) is 0.257. The van der Waals surface area contributed by atoms with Crippen LogP contribution < -0.4 is 9.21 Å². The topological polar surface area (TPSA) is 96.2 Å². The van der Waals surface area contributed by atoms with Crippen molar-refractivity contribution in [1.29, 1.82) is 0 Å². The molecule has 2 aromatic heterocycles. The number of carbonyl (C=O) groups excluding carboxylic acids is 2. The van der Waals surface area contributed by atoms with E-state index in [2.05, 4.69) is 43.3 Å². The average Bonchev–Trinajstić information content (AvgIpc) is 3.68. The number of amides is 1. The number of benzene rings is 3. The van der Waals surface area contributed by atoms with Crippen LogP contribution in [-0.2, 0) is 11.2 Å². The normalized spacial score (nSPS) is 13.1. The molecule has 1 fully saturated rings. The Morgan fingerprint density at radius 2 is 1.77 bits per heavy atom. The highest BCUT2D eigenvalue weighted by atomic mass is 79.9. The molecule has 0 saturated carbocycles. The molecule has 1 aliphatic heterocycles. The third-order valence-electron chi connectivity index (χ3n) is 8.23. The van der Waals surface area contributed by atoms with Gasteiger partial charge in [0.2, 0.25) is 0 Å². The number of hydrogen-bond donors (Lipinski definition) is 0. The molecule has 3 heterocycles. The first-order chi connectivity index (χ1) is 23.2. The highest BCUT2D eigenvalue weighted by Gasteiger charge is 2.27. The highest BCUT2D eigenvalue weighted by molar-refractivity contribution is 9.10. The van der Waals surface area contributed by atoms with E-state index in [1.165, 1.54) is 22.7 Å². The molecular weight excluding hydrogens is 733 g/mol. The fourth-order valence-electron chi connectivity index (χ4n) is 5.80. The van der Waals surface area contributed by atoms with Gasteiger partial charge in [-0.05, 0) is 101 Å². The number of hydrogen-bond acceptors (Lipinski definition) is 10. The van der Waals surface area contributed by atoms with Gasteiger partial charge in [0, 0.05) is 58.4 Å². The molecule has 0 spiro atoms. The lowest BCUT2D eigenvalue weighted by molar-refractivity contribution is -0.385. The van der Waals surface area contributed by atoms with Crippen molar-refractivity contribution in [3.05, 3.63) is 114 Å². The van der Waals surface area contributed by atoms with Gasteiger partial charge in [0.05, 0.1) is 22.9 Å². The lowest BCUT2D eigenvalue weighted by Crippen LogP contribution is -2.49. The number of halogens is 1. The number of para-hydroxylation sites is 3. The van der Waals surface area contributed by atoms with E-state index >= 15 is 0 Å². The van der Waals surface area contributed by atoms with Crippen molar-refractivity contribution in [3.63, 3.8) is 0 Å². The van der Waals surface area contributed by atoms with Crippen molar-refractivity contribution in [2.75, 3.05) is 48.5 Å². The molecule has 0 unspecified atom stereocenters. The van der Waals surface area contributed by atoms with Crippen LogP contribution in [0, 0.1) is 17.0 Å². The zero-order chi connectivity index (χ0) is 33.8. The predicted octanol–water partition coefficient (Wildman–Crippen LogP) is 8.84. The lowest BCUT2D eigenvalue weighted by atomic mass is 10.1. The minimum absolute atomic E-state index is 0.0386. The Balaban J connectivity index is 1.29. The number of nitro groups is 1. The van der Waals surface area contributed by atoms with Gasteiger partial charge in [-0.15, -0.1) is 22.7 Å². The molecule has 1 aliphatic rings. The predicted molar refractivity (Wildman–Crippen MR) is 199 cm³/mol. The van der Waals surface area contributed by atoms with Crippen molar-refractivity contribution in [2.45, 2.75) is 25.2 Å². The summed E-state index contributed by atoms with van der Waals surface area (Å²) in [4.78, 5) is 43.8. The molecule has 5 aromatic rings. The van der Waals surface area contributed by atoms with E-state index in [4.69, 9.17) is 4.74 Å². The Morgan fingerprint density at radius 1 is 1.02 bits per heavy atom. The van der Waals surface area contributed by atoms with E-state index in [0.29, 0.717) is 61.1 Å². The van der Waals surface area contributed by atoms with Crippen molar-refractivity contribution in [2.24, 2.45) is 0 Å². The zero-order valence-electron chi connectivity index (χ0n) is 26.4. The summed E-state index contributed by atoms with van der Waals surface area (Å²) in [5, 5.41) is 14.7. The van der Waals surface area contributed by atoms with Gasteiger partial charge in [0.1, 0.15) is 9.75 Å². The Bertz CT molecular complexity index is 1970. The van der Waals surface area contributed by atoms with E-state index in [-0.39, 0.29) is 22.5 Å². The molecule has 1 amide bonds. The SMILES string of the molecule is CCOC(=O)c1sc2ccc(SN(CCc3ccccc3[N+](=O)[O-])c3ccccc3N3CCN(C(=O)c4sccc4Br)CC3)cc2c1C. The van der Waals surface area contributed by atoms with Crippen LogP contribution in [0.5, 0.6) is 0 Å². The van der Waals surface area contributed by atoms with Gasteiger partial charge in [-0.3, -0.25) is 14.9 Å². The molecule has 0 radical (unpaired) electrons. The molecule has 13 heteroatoms. The number of nitro benzene ring substituents is 1. The van der Waals surface area contributed by atoms with Crippen LogP contribution in [0.25, 0.3) is 10.1 Å². The van der Waals surface area contributed by atoms with E-state index in [9.17, 15) is 19.7 Å². The van der Waals surface area contributed by atoms with Crippen LogP contribution in [0.1, 0.15) is 37.4 Å². The molecule has 1 saturated heterocycles. The molecule has 0 aliphatic carbocycles. The quantitative estimate of drug-likeness (QED) is 0.0570. The molecule has 3 aromatic carbocycles. The van der Waals surface area contributed by atoms with Crippen LogP contribution in [0.3, 0.4) is 0 Å². The van der Waals surface area contributed by atoms with Crippen molar-refractivity contribution >= 4 is 89.6 Å².